The summed E-state index contributed by atoms with van der Waals surface area (Å²) in [4.78, 5) is 23.8. The number of anilines is 1. The number of aliphatic hydroxyl groups excluding tert-OH is 3. The maximum absolute atomic E-state index is 12.7. The molecule has 2 aromatic carbocycles. The molecule has 0 bridgehead atoms. The monoisotopic (exact) mass is 635 g/mol. The second-order valence-corrected chi connectivity index (χ2v) is 10.2. The third kappa shape index (κ3) is 5.15. The Kier molecular flexibility index (Phi) is 7.60. The Hall–Kier alpha value is -2.81. The van der Waals surface area contributed by atoms with Gasteiger partial charge in [-0.2, -0.15) is 0 Å². The number of ether oxygens (including phenoxy) is 2. The van der Waals surface area contributed by atoms with Crippen LogP contribution in [-0.2, 0) is 17.9 Å². The lowest BCUT2D eigenvalue weighted by Crippen LogP contribution is -2.34. The van der Waals surface area contributed by atoms with Gasteiger partial charge in [0.25, 0.3) is 0 Å². The number of aromatic amines is 1. The van der Waals surface area contributed by atoms with E-state index in [9.17, 15) is 20.1 Å². The van der Waals surface area contributed by atoms with Crippen molar-refractivity contribution >= 4 is 48.8 Å². The number of hydrogen-bond acceptors (Lipinski definition) is 9. The number of halogens is 2. The van der Waals surface area contributed by atoms with Crippen molar-refractivity contribution in [3.63, 3.8) is 0 Å². The molecule has 3 heterocycles. The van der Waals surface area contributed by atoms with Gasteiger partial charge in [0.15, 0.2) is 17.7 Å². The van der Waals surface area contributed by atoms with Crippen LogP contribution in [0.4, 0.5) is 5.82 Å². The van der Waals surface area contributed by atoms with Gasteiger partial charge in [-0.25, -0.2) is 19.3 Å². The lowest BCUT2D eigenvalue weighted by atomic mass is 10.1. The molecule has 4 aromatic rings. The summed E-state index contributed by atoms with van der Waals surface area (Å²) in [5.41, 5.74) is 1.86. The van der Waals surface area contributed by atoms with Gasteiger partial charge in [0.1, 0.15) is 42.5 Å². The zero-order chi connectivity index (χ0) is 26.1. The number of imidazole rings is 1. The van der Waals surface area contributed by atoms with E-state index in [1.54, 1.807) is 0 Å². The highest BCUT2D eigenvalue weighted by Crippen LogP contribution is 2.36. The first-order valence-electron chi connectivity index (χ1n) is 11.3. The average molecular weight is 637 g/mol. The van der Waals surface area contributed by atoms with Crippen molar-refractivity contribution in [2.75, 3.05) is 11.9 Å². The Bertz CT molecular complexity index is 1440. The van der Waals surface area contributed by atoms with Crippen molar-refractivity contribution < 1.29 is 24.8 Å². The van der Waals surface area contributed by atoms with Gasteiger partial charge in [-0.15, -0.1) is 0 Å². The summed E-state index contributed by atoms with van der Waals surface area (Å²) < 4.78 is 14.1. The van der Waals surface area contributed by atoms with Gasteiger partial charge in [-0.05, 0) is 55.1 Å². The van der Waals surface area contributed by atoms with Crippen LogP contribution in [-0.4, -0.2) is 59.8 Å². The molecule has 1 fully saturated rings. The first-order valence-corrected chi connectivity index (χ1v) is 12.9. The zero-order valence-electron chi connectivity index (χ0n) is 19.2. The molecule has 0 spiro atoms. The van der Waals surface area contributed by atoms with E-state index >= 15 is 0 Å². The van der Waals surface area contributed by atoms with E-state index in [4.69, 9.17) is 9.47 Å². The number of hydrogen-bond donors (Lipinski definition) is 5. The number of nitrogens with zero attached hydrogens (tertiary/aromatic N) is 3. The molecule has 5 N–H and O–H groups in total. The molecule has 0 amide bonds. The SMILES string of the molecule is O=c1[nH]c2c(NCc3cc(Br)c(OCc4ccccc4)c(Br)c3)ncnc2n1[C@@H]1O[C@H](CO)[C@@H](O)[C@H]1O. The lowest BCUT2D eigenvalue weighted by Gasteiger charge is -2.16. The highest BCUT2D eigenvalue weighted by molar-refractivity contribution is 9.11. The van der Waals surface area contributed by atoms with Crippen LogP contribution in [0.5, 0.6) is 5.75 Å². The first kappa shape index (κ1) is 25.8. The number of nitrogens with one attached hydrogen (secondary N) is 2. The van der Waals surface area contributed by atoms with E-state index < -0.39 is 36.8 Å². The van der Waals surface area contributed by atoms with Crippen LogP contribution in [0.15, 0.2) is 62.5 Å². The minimum atomic E-state index is -1.42. The van der Waals surface area contributed by atoms with Gasteiger partial charge in [0.2, 0.25) is 0 Å². The van der Waals surface area contributed by atoms with Crippen molar-refractivity contribution in [3.05, 3.63) is 79.3 Å². The molecule has 1 aliphatic heterocycles. The van der Waals surface area contributed by atoms with Crippen molar-refractivity contribution in [2.24, 2.45) is 0 Å². The van der Waals surface area contributed by atoms with E-state index in [2.05, 4.69) is 52.1 Å². The highest BCUT2D eigenvalue weighted by atomic mass is 79.9. The molecule has 2 aromatic heterocycles. The van der Waals surface area contributed by atoms with Crippen LogP contribution < -0.4 is 15.7 Å². The van der Waals surface area contributed by atoms with Crippen LogP contribution in [0.1, 0.15) is 17.4 Å². The number of aliphatic hydroxyl groups is 3. The molecule has 0 aliphatic carbocycles. The van der Waals surface area contributed by atoms with Gasteiger partial charge in [-0.3, -0.25) is 0 Å². The van der Waals surface area contributed by atoms with Crippen molar-refractivity contribution in [3.8, 4) is 5.75 Å². The molecule has 5 rings (SSSR count). The molecule has 13 heteroatoms. The van der Waals surface area contributed by atoms with Crippen LogP contribution in [0.3, 0.4) is 0 Å². The third-order valence-corrected chi connectivity index (χ3v) is 7.20. The lowest BCUT2D eigenvalue weighted by molar-refractivity contribution is -0.0524. The summed E-state index contributed by atoms with van der Waals surface area (Å²) in [5, 5.41) is 33.0. The summed E-state index contributed by atoms with van der Waals surface area (Å²) in [6, 6.07) is 13.7. The number of benzene rings is 2. The predicted molar refractivity (Wildman–Crippen MR) is 141 cm³/mol. The van der Waals surface area contributed by atoms with E-state index in [1.807, 2.05) is 42.5 Å². The van der Waals surface area contributed by atoms with Gasteiger partial charge in [-0.1, -0.05) is 30.3 Å². The Morgan fingerprint density at radius 3 is 2.49 bits per heavy atom. The normalized spacial score (nSPS) is 21.4. The summed E-state index contributed by atoms with van der Waals surface area (Å²) >= 11 is 7.15. The molecule has 1 saturated heterocycles. The summed E-state index contributed by atoms with van der Waals surface area (Å²) in [7, 11) is 0. The van der Waals surface area contributed by atoms with Crippen LogP contribution in [0, 0.1) is 0 Å². The standard InChI is InChI=1S/C24H23Br2N5O6/c25-14-6-13(7-15(26)20(14)36-10-12-4-2-1-3-5-12)8-27-21-17-22(29-11-28-21)31(24(35)30-17)23-19(34)18(33)16(9-32)37-23/h1-7,11,16,18-19,23,32-34H,8-10H2,(H,30,35)(H,27,28,29)/t16-,18-,19-,23-/m1/s1. The number of rotatable bonds is 8. The van der Waals surface area contributed by atoms with E-state index in [0.717, 1.165) is 24.6 Å². The third-order valence-electron chi connectivity index (χ3n) is 6.02. The molecule has 0 radical (unpaired) electrons. The highest BCUT2D eigenvalue weighted by Gasteiger charge is 2.44. The zero-order valence-corrected chi connectivity index (χ0v) is 22.4. The Labute approximate surface area is 227 Å². The average Bonchev–Trinajstić information content (AvgIpc) is 3.37. The summed E-state index contributed by atoms with van der Waals surface area (Å²) in [6.45, 7) is 0.284. The summed E-state index contributed by atoms with van der Waals surface area (Å²) in [6.07, 6.45) is -3.72. The van der Waals surface area contributed by atoms with E-state index in [1.165, 1.54) is 6.33 Å². The van der Waals surface area contributed by atoms with Crippen molar-refractivity contribution in [2.45, 2.75) is 37.7 Å². The summed E-state index contributed by atoms with van der Waals surface area (Å²) in [5.74, 6) is 1.04. The topological polar surface area (TPSA) is 155 Å². The maximum atomic E-state index is 12.7. The number of H-pyrrole nitrogens is 1. The number of aromatic nitrogens is 4. The van der Waals surface area contributed by atoms with Crippen LogP contribution in [0.25, 0.3) is 11.2 Å². The minimum absolute atomic E-state index is 0.185. The fraction of sp³-hybridized carbons (Fsp3) is 0.292. The van der Waals surface area contributed by atoms with Crippen LogP contribution in [0.2, 0.25) is 0 Å². The molecule has 194 valence electrons. The van der Waals surface area contributed by atoms with Gasteiger partial charge < -0.3 is 35.1 Å². The Balaban J connectivity index is 1.34. The van der Waals surface area contributed by atoms with E-state index in [0.29, 0.717) is 30.2 Å². The second kappa shape index (κ2) is 10.9. The fourth-order valence-electron chi connectivity index (χ4n) is 4.17. The first-order chi connectivity index (χ1) is 17.9. The molecule has 11 nitrogen and oxygen atoms in total. The van der Waals surface area contributed by atoms with Gasteiger partial charge in [0, 0.05) is 6.54 Å². The molecule has 0 unspecified atom stereocenters. The van der Waals surface area contributed by atoms with Gasteiger partial charge in [0.05, 0.1) is 15.6 Å². The largest absolute Gasteiger partial charge is 0.487 e. The Morgan fingerprint density at radius 1 is 1.08 bits per heavy atom. The molecular formula is C24H23Br2N5O6. The predicted octanol–water partition coefficient (Wildman–Crippen LogP) is 2.45. The quantitative estimate of drug-likeness (QED) is 0.196. The fourth-order valence-corrected chi connectivity index (χ4v) is 5.68. The minimum Gasteiger partial charge on any atom is -0.487 e. The molecule has 0 saturated carbocycles. The maximum Gasteiger partial charge on any atom is 0.330 e. The van der Waals surface area contributed by atoms with Crippen LogP contribution >= 0.6 is 31.9 Å². The second-order valence-electron chi connectivity index (χ2n) is 8.47. The molecular weight excluding hydrogens is 614 g/mol. The number of fused-ring (bicyclic) bond motifs is 1. The Morgan fingerprint density at radius 2 is 1.81 bits per heavy atom. The molecule has 37 heavy (non-hydrogen) atoms. The van der Waals surface area contributed by atoms with E-state index in [-0.39, 0.29) is 5.65 Å². The van der Waals surface area contributed by atoms with Crippen molar-refractivity contribution in [1.29, 1.82) is 0 Å². The molecule has 4 atom stereocenters. The molecule has 1 aliphatic rings. The van der Waals surface area contributed by atoms with Crippen molar-refractivity contribution in [1.82, 2.24) is 19.5 Å². The smallest absolute Gasteiger partial charge is 0.330 e. The van der Waals surface area contributed by atoms with Gasteiger partial charge >= 0.3 is 5.69 Å².